The molecule has 0 saturated carbocycles. The van der Waals surface area contributed by atoms with Crippen molar-refractivity contribution in [2.75, 3.05) is 5.32 Å². The second-order valence-corrected chi connectivity index (χ2v) is 5.52. The van der Waals surface area contributed by atoms with Crippen molar-refractivity contribution in [3.05, 3.63) is 62.0 Å². The molecule has 1 nitrogen and oxygen atoms in total. The van der Waals surface area contributed by atoms with Crippen molar-refractivity contribution < 1.29 is 8.78 Å². The van der Waals surface area contributed by atoms with Gasteiger partial charge >= 0.3 is 0 Å². The molecule has 1 N–H and O–H groups in total. The summed E-state index contributed by atoms with van der Waals surface area (Å²) in [6, 6.07) is 7.02. The highest BCUT2D eigenvalue weighted by Gasteiger charge is 2.08. The molecule has 6 heteroatoms. The van der Waals surface area contributed by atoms with E-state index in [4.69, 9.17) is 23.2 Å². The molecule has 0 aliphatic rings. The maximum absolute atomic E-state index is 13.3. The van der Waals surface area contributed by atoms with Crippen LogP contribution < -0.4 is 5.32 Å². The molecular formula is C13H8BrCl2F2N. The summed E-state index contributed by atoms with van der Waals surface area (Å²) in [5, 5.41) is 3.34. The second-order valence-electron chi connectivity index (χ2n) is 3.85. The summed E-state index contributed by atoms with van der Waals surface area (Å²) >= 11 is 14.7. The molecule has 2 aromatic rings. The standard InChI is InChI=1S/C13H8BrCl2F2N/c14-9-4-8(17)5-11(16)13(9)19-6-7-1-2-10(15)12(18)3-7/h1-5,19H,6H2. The van der Waals surface area contributed by atoms with Gasteiger partial charge in [0.2, 0.25) is 0 Å². The fourth-order valence-corrected chi connectivity index (χ4v) is 2.63. The number of nitrogens with one attached hydrogen (secondary N) is 1. The number of halogens is 5. The van der Waals surface area contributed by atoms with Crippen LogP contribution in [0.2, 0.25) is 10.0 Å². The van der Waals surface area contributed by atoms with Crippen molar-refractivity contribution in [3.8, 4) is 0 Å². The van der Waals surface area contributed by atoms with Crippen LogP contribution >= 0.6 is 39.1 Å². The van der Waals surface area contributed by atoms with Crippen LogP contribution in [0.15, 0.2) is 34.8 Å². The van der Waals surface area contributed by atoms with Crippen LogP contribution in [0.4, 0.5) is 14.5 Å². The van der Waals surface area contributed by atoms with Gasteiger partial charge in [-0.05, 0) is 45.8 Å². The Morgan fingerprint density at radius 3 is 2.42 bits per heavy atom. The zero-order chi connectivity index (χ0) is 14.0. The van der Waals surface area contributed by atoms with Gasteiger partial charge in [-0.15, -0.1) is 0 Å². The first kappa shape index (κ1) is 14.6. The lowest BCUT2D eigenvalue weighted by Crippen LogP contribution is -2.01. The van der Waals surface area contributed by atoms with Gasteiger partial charge in [0, 0.05) is 11.0 Å². The van der Waals surface area contributed by atoms with Crippen molar-refractivity contribution in [2.24, 2.45) is 0 Å². The molecule has 0 aliphatic heterocycles. The van der Waals surface area contributed by atoms with Gasteiger partial charge in [-0.1, -0.05) is 29.3 Å². The van der Waals surface area contributed by atoms with Gasteiger partial charge in [0.05, 0.1) is 15.7 Å². The van der Waals surface area contributed by atoms with E-state index in [1.54, 1.807) is 6.07 Å². The van der Waals surface area contributed by atoms with Gasteiger partial charge in [-0.3, -0.25) is 0 Å². The molecule has 0 amide bonds. The third kappa shape index (κ3) is 3.59. The largest absolute Gasteiger partial charge is 0.379 e. The van der Waals surface area contributed by atoms with E-state index in [-0.39, 0.29) is 10.0 Å². The van der Waals surface area contributed by atoms with Gasteiger partial charge < -0.3 is 5.32 Å². The number of benzene rings is 2. The van der Waals surface area contributed by atoms with Gasteiger partial charge in [-0.2, -0.15) is 0 Å². The molecule has 0 radical (unpaired) electrons. The molecule has 0 spiro atoms. The molecule has 0 fully saturated rings. The predicted molar refractivity (Wildman–Crippen MR) is 77.8 cm³/mol. The summed E-state index contributed by atoms with van der Waals surface area (Å²) in [6.45, 7) is 0.345. The average Bonchev–Trinajstić information content (AvgIpc) is 2.32. The highest BCUT2D eigenvalue weighted by atomic mass is 79.9. The first-order valence-electron chi connectivity index (χ1n) is 5.29. The minimum Gasteiger partial charge on any atom is -0.379 e. The summed E-state index contributed by atoms with van der Waals surface area (Å²) in [4.78, 5) is 0. The lowest BCUT2D eigenvalue weighted by molar-refractivity contribution is 0.626. The quantitative estimate of drug-likeness (QED) is 0.740. The Bertz CT molecular complexity index is 597. The highest BCUT2D eigenvalue weighted by Crippen LogP contribution is 2.32. The van der Waals surface area contributed by atoms with E-state index in [0.29, 0.717) is 22.3 Å². The zero-order valence-corrected chi connectivity index (χ0v) is 12.6. The van der Waals surface area contributed by atoms with Gasteiger partial charge in [0.25, 0.3) is 0 Å². The van der Waals surface area contributed by atoms with Crippen molar-refractivity contribution in [1.29, 1.82) is 0 Å². The van der Waals surface area contributed by atoms with Gasteiger partial charge in [-0.25, -0.2) is 8.78 Å². The summed E-state index contributed by atoms with van der Waals surface area (Å²) in [7, 11) is 0. The van der Waals surface area contributed by atoms with Crippen LogP contribution in [0.5, 0.6) is 0 Å². The number of anilines is 1. The summed E-state index contributed by atoms with van der Waals surface area (Å²) < 4.78 is 26.8. The lowest BCUT2D eigenvalue weighted by Gasteiger charge is -2.11. The van der Waals surface area contributed by atoms with E-state index in [0.717, 1.165) is 0 Å². The van der Waals surface area contributed by atoms with Crippen LogP contribution in [0.3, 0.4) is 0 Å². The summed E-state index contributed by atoms with van der Waals surface area (Å²) in [5.41, 5.74) is 1.26. The Hall–Kier alpha value is -0.840. The lowest BCUT2D eigenvalue weighted by atomic mass is 10.2. The number of hydrogen-bond acceptors (Lipinski definition) is 1. The Kier molecular flexibility index (Phi) is 4.66. The second kappa shape index (κ2) is 6.07. The Balaban J connectivity index is 2.16. The topological polar surface area (TPSA) is 12.0 Å². The van der Waals surface area contributed by atoms with E-state index >= 15 is 0 Å². The molecule has 0 atom stereocenters. The Labute approximate surface area is 127 Å². The van der Waals surface area contributed by atoms with Crippen molar-refractivity contribution in [2.45, 2.75) is 6.54 Å². The molecule has 0 aromatic heterocycles. The van der Waals surface area contributed by atoms with E-state index < -0.39 is 11.6 Å². The smallest absolute Gasteiger partial charge is 0.142 e. The minimum absolute atomic E-state index is 0.0738. The SMILES string of the molecule is Fc1cc(Cl)c(NCc2ccc(Cl)c(F)c2)c(Br)c1. The normalized spacial score (nSPS) is 10.6. The van der Waals surface area contributed by atoms with Crippen molar-refractivity contribution >= 4 is 44.8 Å². The first-order valence-corrected chi connectivity index (χ1v) is 6.84. The van der Waals surface area contributed by atoms with Crippen LogP contribution in [0.25, 0.3) is 0 Å². The highest BCUT2D eigenvalue weighted by molar-refractivity contribution is 9.10. The molecule has 0 bridgehead atoms. The van der Waals surface area contributed by atoms with Crippen molar-refractivity contribution in [3.63, 3.8) is 0 Å². The number of rotatable bonds is 3. The first-order chi connectivity index (χ1) is 8.97. The van der Waals surface area contributed by atoms with Crippen molar-refractivity contribution in [1.82, 2.24) is 0 Å². The molecule has 100 valence electrons. The molecule has 19 heavy (non-hydrogen) atoms. The fourth-order valence-electron chi connectivity index (χ4n) is 1.55. The molecule has 0 saturated heterocycles. The Morgan fingerprint density at radius 2 is 1.79 bits per heavy atom. The molecular weight excluding hydrogens is 359 g/mol. The molecule has 2 aromatic carbocycles. The van der Waals surface area contributed by atoms with E-state index in [1.165, 1.54) is 24.3 Å². The fraction of sp³-hybridized carbons (Fsp3) is 0.0769. The average molecular weight is 367 g/mol. The zero-order valence-electron chi connectivity index (χ0n) is 9.48. The monoisotopic (exact) mass is 365 g/mol. The maximum atomic E-state index is 13.3. The maximum Gasteiger partial charge on any atom is 0.142 e. The third-order valence-corrected chi connectivity index (χ3v) is 3.69. The summed E-state index contributed by atoms with van der Waals surface area (Å²) in [6.07, 6.45) is 0. The third-order valence-electron chi connectivity index (χ3n) is 2.46. The van der Waals surface area contributed by atoms with Gasteiger partial charge in [0.15, 0.2) is 0 Å². The van der Waals surface area contributed by atoms with E-state index in [9.17, 15) is 8.78 Å². The summed E-state index contributed by atoms with van der Waals surface area (Å²) in [5.74, 6) is -0.912. The minimum atomic E-state index is -0.481. The molecule has 2 rings (SSSR count). The van der Waals surface area contributed by atoms with Crippen LogP contribution in [0, 0.1) is 11.6 Å². The van der Waals surface area contributed by atoms with Crippen LogP contribution in [-0.4, -0.2) is 0 Å². The van der Waals surface area contributed by atoms with Crippen LogP contribution in [0.1, 0.15) is 5.56 Å². The van der Waals surface area contributed by atoms with E-state index in [1.807, 2.05) is 0 Å². The van der Waals surface area contributed by atoms with E-state index in [2.05, 4.69) is 21.2 Å². The molecule has 0 aliphatic carbocycles. The van der Waals surface area contributed by atoms with Crippen LogP contribution in [-0.2, 0) is 6.54 Å². The van der Waals surface area contributed by atoms with Gasteiger partial charge in [0.1, 0.15) is 11.6 Å². The molecule has 0 unspecified atom stereocenters. The number of hydrogen-bond donors (Lipinski definition) is 1. The Morgan fingerprint density at radius 1 is 1.05 bits per heavy atom. The molecule has 0 heterocycles. The predicted octanol–water partition coefficient (Wildman–Crippen LogP) is 5.65.